The predicted molar refractivity (Wildman–Crippen MR) is 106 cm³/mol. The minimum atomic E-state index is -0.175. The van der Waals surface area contributed by atoms with Crippen LogP contribution in [0.2, 0.25) is 0 Å². The highest BCUT2D eigenvalue weighted by molar-refractivity contribution is 5.93. The zero-order valence-corrected chi connectivity index (χ0v) is 15.8. The lowest BCUT2D eigenvalue weighted by Crippen LogP contribution is -2.36. The van der Waals surface area contributed by atoms with Crippen molar-refractivity contribution in [1.29, 1.82) is 0 Å². The number of aryl methyl sites for hydroxylation is 1. The molecule has 144 valence electrons. The van der Waals surface area contributed by atoms with E-state index in [1.54, 1.807) is 12.1 Å². The maximum Gasteiger partial charge on any atom is 0.270 e. The standard InChI is InChI=1S/C21H23N5O2/c1-14-12-19(26-28-14)24-18-13-17(21(27)22-16-10-6-3-7-11-16)23-20(25-18)15-8-4-2-5-9-15/h2,4-5,8-9,12-13,16H,3,6-7,10-11H2,1H3,(H,22,27)(H,23,24,25,26). The summed E-state index contributed by atoms with van der Waals surface area (Å²) in [4.78, 5) is 21.9. The van der Waals surface area contributed by atoms with Gasteiger partial charge >= 0.3 is 0 Å². The van der Waals surface area contributed by atoms with E-state index in [2.05, 4.69) is 25.8 Å². The van der Waals surface area contributed by atoms with Gasteiger partial charge in [-0.15, -0.1) is 0 Å². The molecular weight excluding hydrogens is 354 g/mol. The van der Waals surface area contributed by atoms with Gasteiger partial charge in [-0.05, 0) is 19.8 Å². The lowest BCUT2D eigenvalue weighted by Gasteiger charge is -2.22. The molecule has 28 heavy (non-hydrogen) atoms. The fourth-order valence-corrected chi connectivity index (χ4v) is 3.41. The summed E-state index contributed by atoms with van der Waals surface area (Å²) in [6, 6.07) is 13.2. The maximum absolute atomic E-state index is 12.8. The highest BCUT2D eigenvalue weighted by Gasteiger charge is 2.19. The smallest absolute Gasteiger partial charge is 0.270 e. The van der Waals surface area contributed by atoms with E-state index < -0.39 is 0 Å². The number of nitrogens with one attached hydrogen (secondary N) is 2. The van der Waals surface area contributed by atoms with E-state index in [0.29, 0.717) is 28.9 Å². The van der Waals surface area contributed by atoms with Gasteiger partial charge in [0.1, 0.15) is 17.3 Å². The monoisotopic (exact) mass is 377 g/mol. The summed E-state index contributed by atoms with van der Waals surface area (Å²) in [5, 5.41) is 10.2. The maximum atomic E-state index is 12.8. The summed E-state index contributed by atoms with van der Waals surface area (Å²) >= 11 is 0. The van der Waals surface area contributed by atoms with Gasteiger partial charge in [0, 0.05) is 23.7 Å². The van der Waals surface area contributed by atoms with Gasteiger partial charge in [-0.2, -0.15) is 0 Å². The molecule has 1 amide bonds. The Morgan fingerprint density at radius 2 is 1.82 bits per heavy atom. The second-order valence-electron chi connectivity index (χ2n) is 7.08. The highest BCUT2D eigenvalue weighted by Crippen LogP contribution is 2.22. The van der Waals surface area contributed by atoms with Crippen molar-refractivity contribution in [2.45, 2.75) is 45.1 Å². The van der Waals surface area contributed by atoms with Gasteiger partial charge in [-0.25, -0.2) is 9.97 Å². The molecule has 1 fully saturated rings. The summed E-state index contributed by atoms with van der Waals surface area (Å²) in [6.45, 7) is 1.82. The number of carbonyl (C=O) groups excluding carboxylic acids is 1. The van der Waals surface area contributed by atoms with Crippen LogP contribution in [0.3, 0.4) is 0 Å². The molecule has 2 N–H and O–H groups in total. The van der Waals surface area contributed by atoms with Crippen LogP contribution < -0.4 is 10.6 Å². The molecule has 0 spiro atoms. The summed E-state index contributed by atoms with van der Waals surface area (Å²) in [5.74, 6) is 2.03. The minimum Gasteiger partial charge on any atom is -0.360 e. The Hall–Kier alpha value is -3.22. The molecule has 1 saturated carbocycles. The number of nitrogens with zero attached hydrogens (tertiary/aromatic N) is 3. The number of amides is 1. The van der Waals surface area contributed by atoms with E-state index in [-0.39, 0.29) is 11.9 Å². The van der Waals surface area contributed by atoms with Crippen molar-refractivity contribution in [3.05, 3.63) is 53.9 Å². The molecular formula is C21H23N5O2. The molecule has 3 aromatic rings. The van der Waals surface area contributed by atoms with Gasteiger partial charge in [0.2, 0.25) is 0 Å². The number of aromatic nitrogens is 3. The third kappa shape index (κ3) is 4.36. The molecule has 1 aliphatic rings. The van der Waals surface area contributed by atoms with Crippen LogP contribution in [0.4, 0.5) is 11.6 Å². The van der Waals surface area contributed by atoms with Crippen LogP contribution in [0.5, 0.6) is 0 Å². The average Bonchev–Trinajstić information content (AvgIpc) is 3.13. The quantitative estimate of drug-likeness (QED) is 0.691. The normalized spacial score (nSPS) is 14.6. The van der Waals surface area contributed by atoms with Crippen LogP contribution in [0.1, 0.15) is 48.4 Å². The number of rotatable bonds is 5. The number of anilines is 2. The molecule has 1 aliphatic carbocycles. The summed E-state index contributed by atoms with van der Waals surface area (Å²) in [5.41, 5.74) is 1.18. The second-order valence-corrected chi connectivity index (χ2v) is 7.08. The fourth-order valence-electron chi connectivity index (χ4n) is 3.41. The molecule has 1 aromatic carbocycles. The number of carbonyl (C=O) groups is 1. The van der Waals surface area contributed by atoms with Crippen molar-refractivity contribution in [2.24, 2.45) is 0 Å². The molecule has 0 aliphatic heterocycles. The Kier molecular flexibility index (Phi) is 5.32. The van der Waals surface area contributed by atoms with E-state index >= 15 is 0 Å². The summed E-state index contributed by atoms with van der Waals surface area (Å²) in [7, 11) is 0. The number of hydrogen-bond donors (Lipinski definition) is 2. The molecule has 0 unspecified atom stereocenters. The Balaban J connectivity index is 1.63. The Morgan fingerprint density at radius 3 is 2.54 bits per heavy atom. The lowest BCUT2D eigenvalue weighted by atomic mass is 9.95. The van der Waals surface area contributed by atoms with Gasteiger partial charge < -0.3 is 15.2 Å². The lowest BCUT2D eigenvalue weighted by molar-refractivity contribution is 0.0922. The predicted octanol–water partition coefficient (Wildman–Crippen LogP) is 4.25. The van der Waals surface area contributed by atoms with Crippen molar-refractivity contribution < 1.29 is 9.32 Å². The average molecular weight is 377 g/mol. The SMILES string of the molecule is Cc1cc(Nc2cc(C(=O)NC3CCCCC3)nc(-c3ccccc3)n2)no1. The van der Waals surface area contributed by atoms with Crippen molar-refractivity contribution >= 4 is 17.5 Å². The molecule has 7 heteroatoms. The Morgan fingerprint density at radius 1 is 1.04 bits per heavy atom. The van der Waals surface area contributed by atoms with E-state index in [1.165, 1.54) is 6.42 Å². The molecule has 2 aromatic heterocycles. The van der Waals surface area contributed by atoms with E-state index in [1.807, 2.05) is 37.3 Å². The first kappa shape index (κ1) is 18.2. The molecule has 4 rings (SSSR count). The zero-order chi connectivity index (χ0) is 19.3. The van der Waals surface area contributed by atoms with Gasteiger partial charge in [0.05, 0.1) is 0 Å². The van der Waals surface area contributed by atoms with Crippen LogP contribution in [0.25, 0.3) is 11.4 Å². The van der Waals surface area contributed by atoms with E-state index in [9.17, 15) is 4.79 Å². The summed E-state index contributed by atoms with van der Waals surface area (Å²) < 4.78 is 5.09. The van der Waals surface area contributed by atoms with Gasteiger partial charge in [-0.3, -0.25) is 4.79 Å². The van der Waals surface area contributed by atoms with Gasteiger partial charge in [0.15, 0.2) is 11.6 Å². The fraction of sp³-hybridized carbons (Fsp3) is 0.333. The minimum absolute atomic E-state index is 0.175. The van der Waals surface area contributed by atoms with Crippen molar-refractivity contribution in [2.75, 3.05) is 5.32 Å². The third-order valence-electron chi connectivity index (χ3n) is 4.82. The number of hydrogen-bond acceptors (Lipinski definition) is 6. The topological polar surface area (TPSA) is 92.9 Å². The van der Waals surface area contributed by atoms with Gasteiger partial charge in [-0.1, -0.05) is 54.8 Å². The van der Waals surface area contributed by atoms with E-state index in [0.717, 1.165) is 31.2 Å². The zero-order valence-electron chi connectivity index (χ0n) is 15.8. The first-order valence-corrected chi connectivity index (χ1v) is 9.63. The first-order valence-electron chi connectivity index (χ1n) is 9.63. The molecule has 0 radical (unpaired) electrons. The Labute approximate surface area is 163 Å². The van der Waals surface area contributed by atoms with Crippen molar-refractivity contribution in [1.82, 2.24) is 20.4 Å². The molecule has 0 saturated heterocycles. The molecule has 7 nitrogen and oxygen atoms in total. The molecule has 0 bridgehead atoms. The van der Waals surface area contributed by atoms with Crippen LogP contribution in [-0.2, 0) is 0 Å². The summed E-state index contributed by atoms with van der Waals surface area (Å²) in [6.07, 6.45) is 5.59. The van der Waals surface area contributed by atoms with Crippen LogP contribution in [-0.4, -0.2) is 27.1 Å². The van der Waals surface area contributed by atoms with E-state index in [4.69, 9.17) is 4.52 Å². The Bertz CT molecular complexity index is 948. The van der Waals surface area contributed by atoms with Crippen LogP contribution in [0.15, 0.2) is 47.0 Å². The second kappa shape index (κ2) is 8.21. The van der Waals surface area contributed by atoms with Gasteiger partial charge in [0.25, 0.3) is 5.91 Å². The molecule has 0 atom stereocenters. The van der Waals surface area contributed by atoms with Crippen molar-refractivity contribution in [3.8, 4) is 11.4 Å². The molecule has 2 heterocycles. The highest BCUT2D eigenvalue weighted by atomic mass is 16.5. The third-order valence-corrected chi connectivity index (χ3v) is 4.82. The van der Waals surface area contributed by atoms with Crippen LogP contribution >= 0.6 is 0 Å². The van der Waals surface area contributed by atoms with Crippen molar-refractivity contribution in [3.63, 3.8) is 0 Å². The first-order chi connectivity index (χ1) is 13.7. The largest absolute Gasteiger partial charge is 0.360 e. The number of benzene rings is 1. The van der Waals surface area contributed by atoms with Crippen LogP contribution in [0, 0.1) is 6.92 Å².